The highest BCUT2D eigenvalue weighted by Crippen LogP contribution is 2.28. The minimum Gasteiger partial charge on any atom is -0.468 e. The number of alkyl halides is 5. The molecule has 12 heteroatoms. The average Bonchev–Trinajstić information content (AvgIpc) is 3.04. The molecule has 0 atom stereocenters. The van der Waals surface area contributed by atoms with Crippen LogP contribution in [-0.2, 0) is 10.8 Å². The molecule has 0 N–H and O–H groups in total. The highest BCUT2D eigenvalue weighted by molar-refractivity contribution is 5.59. The fourth-order valence-corrected chi connectivity index (χ4v) is 2.01. The number of pyridine rings is 1. The Labute approximate surface area is 142 Å². The van der Waals surface area contributed by atoms with Crippen LogP contribution in [0.15, 0.2) is 30.7 Å². The van der Waals surface area contributed by atoms with E-state index in [-0.39, 0.29) is 17.2 Å². The zero-order chi connectivity index (χ0) is 18.9. The average molecular weight is 375 g/mol. The molecule has 0 radical (unpaired) electrons. The summed E-state index contributed by atoms with van der Waals surface area (Å²) >= 11 is 0. The number of methoxy groups -OCH3 is 1. The molecule has 7 nitrogen and oxygen atoms in total. The summed E-state index contributed by atoms with van der Waals surface area (Å²) in [4.78, 5) is 7.78. The molecule has 0 aliphatic carbocycles. The summed E-state index contributed by atoms with van der Waals surface area (Å²) in [6.07, 6.45) is -4.48. The number of rotatable bonds is 5. The van der Waals surface area contributed by atoms with Gasteiger partial charge in [0, 0.05) is 31.1 Å². The van der Waals surface area contributed by atoms with Crippen molar-refractivity contribution in [3.63, 3.8) is 0 Å². The van der Waals surface area contributed by atoms with Gasteiger partial charge in [-0.15, -0.1) is 10.2 Å². The van der Waals surface area contributed by atoms with E-state index in [0.29, 0.717) is 5.56 Å². The van der Waals surface area contributed by atoms with Crippen LogP contribution in [0.1, 0.15) is 5.82 Å². The second-order valence-electron chi connectivity index (χ2n) is 5.03. The van der Waals surface area contributed by atoms with Crippen molar-refractivity contribution in [2.24, 2.45) is 0 Å². The van der Waals surface area contributed by atoms with Crippen molar-refractivity contribution in [3.05, 3.63) is 36.5 Å². The quantitative estimate of drug-likeness (QED) is 0.639. The molecule has 0 aromatic carbocycles. The van der Waals surface area contributed by atoms with Gasteiger partial charge in [-0.1, -0.05) is 0 Å². The van der Waals surface area contributed by atoms with Gasteiger partial charge in [-0.25, -0.2) is 4.98 Å². The van der Waals surface area contributed by atoms with Crippen molar-refractivity contribution in [3.8, 4) is 17.1 Å². The molecule has 0 bridgehead atoms. The third-order valence-corrected chi connectivity index (χ3v) is 3.23. The first-order valence-corrected chi connectivity index (χ1v) is 7.00. The molecule has 3 heterocycles. The summed E-state index contributed by atoms with van der Waals surface area (Å²) in [5, 5.41) is 6.97. The van der Waals surface area contributed by atoms with Crippen LogP contribution < -0.4 is 4.74 Å². The van der Waals surface area contributed by atoms with E-state index in [2.05, 4.69) is 29.6 Å². The molecular formula is C14H10F5N5O2. The lowest BCUT2D eigenvalue weighted by molar-refractivity contribution is -0.237. The number of fused-ring (bicyclic) bond motifs is 1. The highest BCUT2D eigenvalue weighted by Gasteiger charge is 2.37. The van der Waals surface area contributed by atoms with Gasteiger partial charge >= 0.3 is 12.3 Å². The van der Waals surface area contributed by atoms with Crippen LogP contribution in [0.4, 0.5) is 22.0 Å². The van der Waals surface area contributed by atoms with E-state index in [1.165, 1.54) is 30.7 Å². The number of halogens is 5. The highest BCUT2D eigenvalue weighted by atomic mass is 19.4. The van der Waals surface area contributed by atoms with E-state index >= 15 is 0 Å². The molecule has 0 saturated heterocycles. The molecule has 0 spiro atoms. The van der Waals surface area contributed by atoms with Gasteiger partial charge in [0.15, 0.2) is 12.3 Å². The number of ether oxygens (including phenoxy) is 2. The van der Waals surface area contributed by atoms with Gasteiger partial charge in [-0.3, -0.25) is 9.38 Å². The SMILES string of the molecule is COC(F)(F)c1nnc2cnc(-c3ccc(OCC(F)(F)F)nc3)cn12. The summed E-state index contributed by atoms with van der Waals surface area (Å²) in [6, 6.07) is 2.61. The Morgan fingerprint density at radius 3 is 2.42 bits per heavy atom. The lowest BCUT2D eigenvalue weighted by Gasteiger charge is -2.12. The molecular weight excluding hydrogens is 365 g/mol. The molecule has 3 aromatic rings. The Hall–Kier alpha value is -2.89. The minimum absolute atomic E-state index is 0.0681. The van der Waals surface area contributed by atoms with Crippen LogP contribution in [0.5, 0.6) is 5.88 Å². The van der Waals surface area contributed by atoms with Gasteiger partial charge in [0.1, 0.15) is 0 Å². The summed E-state index contributed by atoms with van der Waals surface area (Å²) in [7, 11) is 0.826. The predicted octanol–water partition coefficient (Wildman–Crippen LogP) is 2.82. The second kappa shape index (κ2) is 6.44. The van der Waals surface area contributed by atoms with Crippen molar-refractivity contribution in [2.75, 3.05) is 13.7 Å². The zero-order valence-corrected chi connectivity index (χ0v) is 13.0. The van der Waals surface area contributed by atoms with Crippen LogP contribution in [0.2, 0.25) is 0 Å². The first-order valence-electron chi connectivity index (χ1n) is 7.00. The fraction of sp³-hybridized carbons (Fsp3) is 0.286. The van der Waals surface area contributed by atoms with Crippen molar-refractivity contribution in [1.82, 2.24) is 24.6 Å². The van der Waals surface area contributed by atoms with E-state index in [9.17, 15) is 22.0 Å². The molecule has 0 aliphatic heterocycles. The first-order chi connectivity index (χ1) is 12.2. The van der Waals surface area contributed by atoms with E-state index in [0.717, 1.165) is 11.5 Å². The zero-order valence-electron chi connectivity index (χ0n) is 13.0. The molecule has 138 valence electrons. The normalized spacial score (nSPS) is 12.5. The lowest BCUT2D eigenvalue weighted by Crippen LogP contribution is -2.19. The van der Waals surface area contributed by atoms with Gasteiger partial charge in [0.2, 0.25) is 11.7 Å². The van der Waals surface area contributed by atoms with Crippen molar-refractivity contribution >= 4 is 5.65 Å². The summed E-state index contributed by atoms with van der Waals surface area (Å²) < 4.78 is 73.4. The van der Waals surface area contributed by atoms with Gasteiger partial charge in [0.05, 0.1) is 11.9 Å². The summed E-state index contributed by atoms with van der Waals surface area (Å²) in [5.74, 6) is -0.972. The number of hydrogen-bond donors (Lipinski definition) is 0. The maximum absolute atomic E-state index is 13.7. The van der Waals surface area contributed by atoms with E-state index in [1.807, 2.05) is 0 Å². The van der Waals surface area contributed by atoms with Gasteiger partial charge in [-0.05, 0) is 6.07 Å². The van der Waals surface area contributed by atoms with Crippen LogP contribution in [0.25, 0.3) is 16.9 Å². The molecule has 3 rings (SSSR count). The van der Waals surface area contributed by atoms with Crippen LogP contribution in [0, 0.1) is 0 Å². The molecule has 0 amide bonds. The number of nitrogens with zero attached hydrogens (tertiary/aromatic N) is 5. The number of hydrogen-bond acceptors (Lipinski definition) is 6. The maximum atomic E-state index is 13.7. The Bertz CT molecular complexity index is 910. The van der Waals surface area contributed by atoms with Crippen LogP contribution >= 0.6 is 0 Å². The summed E-state index contributed by atoms with van der Waals surface area (Å²) in [6.45, 7) is -1.47. The largest absolute Gasteiger partial charge is 0.468 e. The molecule has 3 aromatic heterocycles. The molecule has 0 fully saturated rings. The first kappa shape index (κ1) is 17.9. The monoisotopic (exact) mass is 375 g/mol. The van der Waals surface area contributed by atoms with Gasteiger partial charge < -0.3 is 9.47 Å². The third-order valence-electron chi connectivity index (χ3n) is 3.23. The maximum Gasteiger partial charge on any atom is 0.422 e. The van der Waals surface area contributed by atoms with E-state index in [1.54, 1.807) is 0 Å². The van der Waals surface area contributed by atoms with Gasteiger partial charge in [0.25, 0.3) is 0 Å². The van der Waals surface area contributed by atoms with Crippen LogP contribution in [0.3, 0.4) is 0 Å². The summed E-state index contributed by atoms with van der Waals surface area (Å²) in [5.41, 5.74) is 0.658. The Morgan fingerprint density at radius 2 is 1.81 bits per heavy atom. The van der Waals surface area contributed by atoms with Crippen molar-refractivity contribution in [1.29, 1.82) is 0 Å². The Morgan fingerprint density at radius 1 is 1.04 bits per heavy atom. The lowest BCUT2D eigenvalue weighted by atomic mass is 10.2. The van der Waals surface area contributed by atoms with Crippen molar-refractivity contribution in [2.45, 2.75) is 12.3 Å². The minimum atomic E-state index is -4.48. The third kappa shape index (κ3) is 3.69. The number of aromatic nitrogens is 5. The predicted molar refractivity (Wildman–Crippen MR) is 76.5 cm³/mol. The Kier molecular flexibility index (Phi) is 4.44. The second-order valence-corrected chi connectivity index (χ2v) is 5.03. The van der Waals surface area contributed by atoms with E-state index < -0.39 is 24.7 Å². The van der Waals surface area contributed by atoms with Gasteiger partial charge in [-0.2, -0.15) is 22.0 Å². The Balaban J connectivity index is 1.89. The molecule has 26 heavy (non-hydrogen) atoms. The molecule has 0 unspecified atom stereocenters. The standard InChI is InChI=1S/C14H10F5N5O2/c1-25-14(18,19)12-23-22-10-5-20-9(6-24(10)12)8-2-3-11(21-4-8)26-7-13(15,16)17/h2-6H,7H2,1H3. The fourth-order valence-electron chi connectivity index (χ4n) is 2.01. The topological polar surface area (TPSA) is 74.4 Å². The molecule has 0 saturated carbocycles. The van der Waals surface area contributed by atoms with Crippen molar-refractivity contribution < 1.29 is 31.4 Å². The van der Waals surface area contributed by atoms with Crippen LogP contribution in [-0.4, -0.2) is 44.5 Å². The molecule has 0 aliphatic rings. The van der Waals surface area contributed by atoms with E-state index in [4.69, 9.17) is 0 Å². The smallest absolute Gasteiger partial charge is 0.422 e.